The summed E-state index contributed by atoms with van der Waals surface area (Å²) in [6.45, 7) is 13.7. The third kappa shape index (κ3) is 13.3. The van der Waals surface area contributed by atoms with Crippen LogP contribution in [0.3, 0.4) is 0 Å². The fraction of sp³-hybridized carbons (Fsp3) is 0.452. The highest BCUT2D eigenvalue weighted by Crippen LogP contribution is 2.15. The number of H-pyrrole nitrogens is 1. The van der Waals surface area contributed by atoms with E-state index in [0.717, 1.165) is 36.2 Å². The van der Waals surface area contributed by atoms with Gasteiger partial charge in [0, 0.05) is 37.1 Å². The molecule has 0 aliphatic rings. The minimum Gasteiger partial charge on any atom is -0.356 e. The Kier molecular flexibility index (Phi) is 18.0. The number of nitrogens with zero attached hydrogens (tertiary/aromatic N) is 3. The van der Waals surface area contributed by atoms with E-state index in [0.29, 0.717) is 49.6 Å². The second kappa shape index (κ2) is 21.0. The summed E-state index contributed by atoms with van der Waals surface area (Å²) in [5.41, 5.74) is 3.07. The lowest BCUT2D eigenvalue weighted by Crippen LogP contribution is -2.25. The Hall–Kier alpha value is -3.85. The van der Waals surface area contributed by atoms with Crippen molar-refractivity contribution in [2.75, 3.05) is 13.1 Å². The zero-order valence-electron chi connectivity index (χ0n) is 24.9. The second-order valence-corrected chi connectivity index (χ2v) is 8.55. The maximum Gasteiger partial charge on any atom is 0.267 e. The number of hydrogen-bond donors (Lipinski definition) is 3. The topological polar surface area (TPSA) is 126 Å². The van der Waals surface area contributed by atoms with Crippen LogP contribution in [-0.2, 0) is 17.8 Å². The molecule has 0 aliphatic carbocycles. The Bertz CT molecular complexity index is 1220. The van der Waals surface area contributed by atoms with Crippen LogP contribution in [0, 0.1) is 13.8 Å². The first kappa shape index (κ1) is 34.2. The molecule has 218 valence electrons. The molecule has 1 amide bonds. The zero-order valence-corrected chi connectivity index (χ0v) is 24.9. The number of carbonyl (C=O) groups is 1. The Balaban J connectivity index is 0.00000191. The first-order chi connectivity index (χ1) is 19.5. The van der Waals surface area contributed by atoms with E-state index in [1.165, 1.54) is 0 Å². The van der Waals surface area contributed by atoms with Gasteiger partial charge in [-0.2, -0.15) is 10.1 Å². The number of rotatable bonds is 12. The van der Waals surface area contributed by atoms with Gasteiger partial charge in [-0.05, 0) is 45.2 Å². The minimum absolute atomic E-state index is 0.0236. The van der Waals surface area contributed by atoms with Crippen LogP contribution in [0.15, 0.2) is 63.9 Å². The van der Waals surface area contributed by atoms with Crippen molar-refractivity contribution < 1.29 is 9.32 Å². The fourth-order valence-electron chi connectivity index (χ4n) is 3.40. The molecule has 3 N–H and O–H groups in total. The molecule has 9 heteroatoms. The van der Waals surface area contributed by atoms with Crippen molar-refractivity contribution in [3.8, 4) is 11.4 Å². The second-order valence-electron chi connectivity index (χ2n) is 8.55. The third-order valence-corrected chi connectivity index (χ3v) is 5.60. The Morgan fingerprint density at radius 3 is 2.25 bits per heavy atom. The number of unbranched alkanes of at least 4 members (excludes halogenated alkanes) is 1. The van der Waals surface area contributed by atoms with Crippen LogP contribution >= 0.6 is 0 Å². The molecule has 0 aliphatic heterocycles. The zero-order chi connectivity index (χ0) is 29.6. The molecule has 2 aromatic heterocycles. The molecule has 0 fully saturated rings. The number of aryl methyl sites for hydroxylation is 3. The fourth-order valence-corrected chi connectivity index (χ4v) is 3.40. The highest BCUT2D eigenvalue weighted by molar-refractivity contribution is 5.75. The quantitative estimate of drug-likeness (QED) is 0.250. The van der Waals surface area contributed by atoms with Crippen molar-refractivity contribution >= 4 is 5.91 Å². The predicted octanol–water partition coefficient (Wildman–Crippen LogP) is 5.62. The summed E-state index contributed by atoms with van der Waals surface area (Å²) < 4.78 is 5.28. The van der Waals surface area contributed by atoms with Crippen LogP contribution in [0.25, 0.3) is 11.4 Å². The molecule has 0 radical (unpaired) electrons. The van der Waals surface area contributed by atoms with Crippen molar-refractivity contribution in [1.82, 2.24) is 31.0 Å². The van der Waals surface area contributed by atoms with E-state index in [9.17, 15) is 9.59 Å². The number of hydrogen-bond acceptors (Lipinski definition) is 7. The van der Waals surface area contributed by atoms with Crippen LogP contribution in [0.4, 0.5) is 0 Å². The van der Waals surface area contributed by atoms with Crippen LogP contribution in [0.2, 0.25) is 0 Å². The molecular weight excluding hydrogens is 504 g/mol. The normalized spacial score (nSPS) is 9.85. The van der Waals surface area contributed by atoms with Crippen LogP contribution in [0.5, 0.6) is 0 Å². The summed E-state index contributed by atoms with van der Waals surface area (Å²) in [7, 11) is 0. The maximum atomic E-state index is 12.1. The summed E-state index contributed by atoms with van der Waals surface area (Å²) in [5.74, 6) is 1.13. The van der Waals surface area contributed by atoms with Crippen LogP contribution < -0.4 is 16.2 Å². The predicted molar refractivity (Wildman–Crippen MR) is 161 cm³/mol. The average molecular weight is 551 g/mol. The summed E-state index contributed by atoms with van der Waals surface area (Å²) in [6.07, 6.45) is 3.42. The average Bonchev–Trinajstić information content (AvgIpc) is 3.47. The summed E-state index contributed by atoms with van der Waals surface area (Å²) in [4.78, 5) is 28.5. The smallest absolute Gasteiger partial charge is 0.267 e. The number of amides is 1. The summed E-state index contributed by atoms with van der Waals surface area (Å²) >= 11 is 0. The van der Waals surface area contributed by atoms with Gasteiger partial charge < -0.3 is 15.2 Å². The Morgan fingerprint density at radius 1 is 0.875 bits per heavy atom. The van der Waals surface area contributed by atoms with E-state index < -0.39 is 0 Å². The van der Waals surface area contributed by atoms with Crippen LogP contribution in [0.1, 0.15) is 76.1 Å². The van der Waals surface area contributed by atoms with E-state index >= 15 is 0 Å². The van der Waals surface area contributed by atoms with Gasteiger partial charge in [0.1, 0.15) is 0 Å². The maximum absolute atomic E-state index is 12.1. The van der Waals surface area contributed by atoms with Gasteiger partial charge in [0.05, 0.1) is 5.69 Å². The molecular formula is C31H46N6O3. The van der Waals surface area contributed by atoms with Crippen molar-refractivity contribution in [2.45, 2.75) is 80.2 Å². The van der Waals surface area contributed by atoms with Gasteiger partial charge >= 0.3 is 0 Å². The van der Waals surface area contributed by atoms with Gasteiger partial charge in [-0.3, -0.25) is 9.59 Å². The van der Waals surface area contributed by atoms with E-state index in [2.05, 4.69) is 31.0 Å². The van der Waals surface area contributed by atoms with Gasteiger partial charge in [0.25, 0.3) is 5.56 Å². The van der Waals surface area contributed by atoms with Crippen molar-refractivity contribution in [2.24, 2.45) is 0 Å². The highest BCUT2D eigenvalue weighted by Gasteiger charge is 2.09. The summed E-state index contributed by atoms with van der Waals surface area (Å²) in [5, 5.41) is 17.2. The number of aromatic nitrogens is 4. The molecule has 3 aromatic rings. The molecule has 1 aromatic carbocycles. The number of nitrogens with one attached hydrogen (secondary N) is 3. The largest absolute Gasteiger partial charge is 0.356 e. The van der Waals surface area contributed by atoms with Crippen molar-refractivity contribution in [3.63, 3.8) is 0 Å². The van der Waals surface area contributed by atoms with Gasteiger partial charge in [-0.1, -0.05) is 87.4 Å². The van der Waals surface area contributed by atoms with Crippen LogP contribution in [-0.4, -0.2) is 39.3 Å². The molecule has 0 saturated carbocycles. The van der Waals surface area contributed by atoms with Crippen molar-refractivity contribution in [1.29, 1.82) is 0 Å². The first-order valence-electron chi connectivity index (χ1n) is 14.3. The molecule has 2 heterocycles. The van der Waals surface area contributed by atoms with E-state index in [-0.39, 0.29) is 11.5 Å². The molecule has 0 atom stereocenters. The minimum atomic E-state index is -0.211. The van der Waals surface area contributed by atoms with Gasteiger partial charge in [0.15, 0.2) is 0 Å². The van der Waals surface area contributed by atoms with E-state index in [1.807, 2.05) is 83.1 Å². The molecule has 0 unspecified atom stereocenters. The van der Waals surface area contributed by atoms with E-state index in [4.69, 9.17) is 4.52 Å². The monoisotopic (exact) mass is 550 g/mol. The third-order valence-electron chi connectivity index (χ3n) is 5.60. The van der Waals surface area contributed by atoms with E-state index in [1.54, 1.807) is 13.0 Å². The molecule has 40 heavy (non-hydrogen) atoms. The van der Waals surface area contributed by atoms with Gasteiger partial charge in [-0.15, -0.1) is 0 Å². The highest BCUT2D eigenvalue weighted by atomic mass is 16.5. The van der Waals surface area contributed by atoms with Gasteiger partial charge in [0.2, 0.25) is 17.6 Å². The SMILES string of the molecule is CC.CC.Cc1ccccc(C)c(=O)[nH]nc1CNCCCCNC(=O)CCCc1nc(-c2ccccc2)no1. The Labute approximate surface area is 238 Å². The first-order valence-corrected chi connectivity index (χ1v) is 14.3. The Morgan fingerprint density at radius 2 is 1.52 bits per heavy atom. The van der Waals surface area contributed by atoms with Crippen molar-refractivity contribution in [3.05, 3.63) is 87.7 Å². The number of carbonyl (C=O) groups excluding carboxylic acids is 1. The lowest BCUT2D eigenvalue weighted by atomic mass is 10.2. The van der Waals surface area contributed by atoms with Gasteiger partial charge in [-0.25, -0.2) is 5.10 Å². The molecule has 9 nitrogen and oxygen atoms in total. The molecule has 0 bridgehead atoms. The lowest BCUT2D eigenvalue weighted by Gasteiger charge is -2.07. The molecule has 3 rings (SSSR count). The number of aromatic amines is 1. The lowest BCUT2D eigenvalue weighted by molar-refractivity contribution is -0.121. The molecule has 0 spiro atoms. The number of benzene rings is 1. The standard InChI is InChI=1S/C27H34N6O3.2C2H6/c1-20-11-6-7-12-21(2)27(35)32-31-23(20)19-28-17-8-9-18-29-24(34)15-10-16-25-30-26(33-36-25)22-13-4-3-5-14-22;2*1-2/h3-7,11-14,28H,8-10,15-19H2,1-2H3,(H,29,34)(H,32,35);2*1-2H3. The molecule has 0 saturated heterocycles. The summed E-state index contributed by atoms with van der Waals surface area (Å²) in [6, 6.07) is 17.1.